The summed E-state index contributed by atoms with van der Waals surface area (Å²) >= 11 is 5.96. The molecular formula is C15H13ClN2O2. The molecule has 0 spiro atoms. The minimum absolute atomic E-state index is 0.0183. The fraction of sp³-hybridized carbons (Fsp3) is 0.133. The summed E-state index contributed by atoms with van der Waals surface area (Å²) in [6.07, 6.45) is 0. The van der Waals surface area contributed by atoms with Crippen LogP contribution in [-0.4, -0.2) is 10.2 Å². The van der Waals surface area contributed by atoms with Crippen molar-refractivity contribution in [1.29, 1.82) is 5.26 Å². The molecule has 3 N–H and O–H groups in total. The first kappa shape index (κ1) is 14.0. The molecule has 5 heteroatoms. The number of benzene rings is 2. The van der Waals surface area contributed by atoms with E-state index in [1.165, 1.54) is 12.1 Å². The van der Waals surface area contributed by atoms with Crippen LogP contribution in [0.2, 0.25) is 5.02 Å². The summed E-state index contributed by atoms with van der Waals surface area (Å²) in [7, 11) is 0. The fourth-order valence-electron chi connectivity index (χ4n) is 2.00. The van der Waals surface area contributed by atoms with Gasteiger partial charge in [0, 0.05) is 5.69 Å². The predicted molar refractivity (Wildman–Crippen MR) is 78.0 cm³/mol. The van der Waals surface area contributed by atoms with Crippen molar-refractivity contribution in [1.82, 2.24) is 0 Å². The van der Waals surface area contributed by atoms with E-state index >= 15 is 0 Å². The lowest BCUT2D eigenvalue weighted by Gasteiger charge is -2.18. The van der Waals surface area contributed by atoms with Crippen molar-refractivity contribution in [2.24, 2.45) is 0 Å². The molecule has 0 aliphatic heterocycles. The molecule has 0 amide bonds. The Hall–Kier alpha value is -2.38. The highest BCUT2D eigenvalue weighted by Crippen LogP contribution is 2.34. The zero-order valence-corrected chi connectivity index (χ0v) is 11.5. The number of nitriles is 1. The molecule has 0 heterocycles. The molecule has 20 heavy (non-hydrogen) atoms. The van der Waals surface area contributed by atoms with Crippen LogP contribution in [0.5, 0.6) is 11.5 Å². The van der Waals surface area contributed by atoms with Gasteiger partial charge in [-0.3, -0.25) is 0 Å². The molecule has 102 valence electrons. The number of phenolic OH excluding ortho intramolecular Hbond substituents is 2. The van der Waals surface area contributed by atoms with Crippen molar-refractivity contribution in [2.75, 3.05) is 5.32 Å². The van der Waals surface area contributed by atoms with Crippen LogP contribution in [0.15, 0.2) is 36.4 Å². The molecule has 2 rings (SSSR count). The summed E-state index contributed by atoms with van der Waals surface area (Å²) in [6, 6.07) is 11.2. The normalized spacial score (nSPS) is 11.7. The van der Waals surface area contributed by atoms with Gasteiger partial charge in [-0.2, -0.15) is 5.26 Å². The van der Waals surface area contributed by atoms with E-state index < -0.39 is 0 Å². The van der Waals surface area contributed by atoms with Gasteiger partial charge in [0.1, 0.15) is 17.6 Å². The zero-order chi connectivity index (χ0) is 14.7. The maximum atomic E-state index is 9.81. The largest absolute Gasteiger partial charge is 0.507 e. The van der Waals surface area contributed by atoms with Crippen molar-refractivity contribution in [3.05, 3.63) is 52.5 Å². The molecule has 1 unspecified atom stereocenters. The molecule has 1 atom stereocenters. The highest BCUT2D eigenvalue weighted by molar-refractivity contribution is 6.32. The van der Waals surface area contributed by atoms with Crippen molar-refractivity contribution in [2.45, 2.75) is 13.0 Å². The first-order valence-corrected chi connectivity index (χ1v) is 6.37. The predicted octanol–water partition coefficient (Wildman–Crippen LogP) is 3.80. The Labute approximate surface area is 121 Å². The van der Waals surface area contributed by atoms with E-state index in [1.54, 1.807) is 31.2 Å². The Bertz CT molecular complexity index is 660. The Morgan fingerprint density at radius 3 is 2.40 bits per heavy atom. The Morgan fingerprint density at radius 2 is 1.85 bits per heavy atom. The van der Waals surface area contributed by atoms with Gasteiger partial charge in [-0.25, -0.2) is 0 Å². The average molecular weight is 289 g/mol. The van der Waals surface area contributed by atoms with Gasteiger partial charge >= 0.3 is 0 Å². The Morgan fingerprint density at radius 1 is 1.20 bits per heavy atom. The van der Waals surface area contributed by atoms with E-state index in [9.17, 15) is 10.2 Å². The minimum atomic E-state index is -0.319. The highest BCUT2D eigenvalue weighted by atomic mass is 35.5. The molecule has 4 nitrogen and oxygen atoms in total. The van der Waals surface area contributed by atoms with Crippen LogP contribution in [-0.2, 0) is 0 Å². The molecule has 2 aromatic carbocycles. The van der Waals surface area contributed by atoms with Gasteiger partial charge < -0.3 is 15.5 Å². The molecule has 0 aromatic heterocycles. The summed E-state index contributed by atoms with van der Waals surface area (Å²) in [5.74, 6) is 0.0366. The zero-order valence-electron chi connectivity index (χ0n) is 10.8. The molecule has 0 saturated carbocycles. The van der Waals surface area contributed by atoms with Gasteiger partial charge in [0.15, 0.2) is 0 Å². The number of aromatic hydroxyl groups is 2. The first-order valence-electron chi connectivity index (χ1n) is 6.00. The van der Waals surface area contributed by atoms with E-state index in [0.717, 1.165) is 0 Å². The summed E-state index contributed by atoms with van der Waals surface area (Å²) < 4.78 is 0. The topological polar surface area (TPSA) is 76.3 Å². The van der Waals surface area contributed by atoms with Crippen LogP contribution in [0.25, 0.3) is 0 Å². The lowest BCUT2D eigenvalue weighted by molar-refractivity contribution is 0.434. The molecule has 0 fully saturated rings. The monoisotopic (exact) mass is 288 g/mol. The van der Waals surface area contributed by atoms with E-state index in [-0.39, 0.29) is 17.5 Å². The highest BCUT2D eigenvalue weighted by Gasteiger charge is 2.15. The van der Waals surface area contributed by atoms with Crippen LogP contribution in [0.1, 0.15) is 24.1 Å². The molecule has 2 aromatic rings. The number of phenols is 2. The lowest BCUT2D eigenvalue weighted by Crippen LogP contribution is -2.07. The number of hydrogen-bond donors (Lipinski definition) is 3. The second-order valence-electron chi connectivity index (χ2n) is 4.38. The van der Waals surface area contributed by atoms with Crippen molar-refractivity contribution in [3.63, 3.8) is 0 Å². The van der Waals surface area contributed by atoms with Crippen molar-refractivity contribution < 1.29 is 10.2 Å². The van der Waals surface area contributed by atoms with E-state index in [2.05, 4.69) is 5.32 Å². The maximum absolute atomic E-state index is 9.81. The number of halogens is 1. The third-order valence-corrected chi connectivity index (χ3v) is 3.28. The number of rotatable bonds is 3. The Kier molecular flexibility index (Phi) is 4.02. The number of nitrogens with zero attached hydrogens (tertiary/aromatic N) is 1. The van der Waals surface area contributed by atoms with Gasteiger partial charge in [-0.1, -0.05) is 17.7 Å². The molecule has 0 radical (unpaired) electrons. The van der Waals surface area contributed by atoms with Gasteiger partial charge in [0.25, 0.3) is 0 Å². The third kappa shape index (κ3) is 2.79. The average Bonchev–Trinajstić information content (AvgIpc) is 2.38. The van der Waals surface area contributed by atoms with Gasteiger partial charge in [0.05, 0.1) is 22.2 Å². The molecule has 0 saturated heterocycles. The van der Waals surface area contributed by atoms with Crippen molar-refractivity contribution >= 4 is 17.3 Å². The molecule has 0 bridgehead atoms. The van der Waals surface area contributed by atoms with E-state index in [1.807, 2.05) is 6.07 Å². The standard InChI is InChI=1S/C15H13ClN2O2/c1-9(15-13(19)3-2-4-14(15)20)18-11-6-5-10(8-17)12(16)7-11/h2-7,9,18-20H,1H3. The summed E-state index contributed by atoms with van der Waals surface area (Å²) in [5, 5.41) is 31.9. The second kappa shape index (κ2) is 5.72. The van der Waals surface area contributed by atoms with E-state index in [0.29, 0.717) is 21.8 Å². The number of hydrogen-bond acceptors (Lipinski definition) is 4. The van der Waals surface area contributed by atoms with Crippen molar-refractivity contribution in [3.8, 4) is 17.6 Å². The van der Waals surface area contributed by atoms with Gasteiger partial charge in [-0.15, -0.1) is 0 Å². The van der Waals surface area contributed by atoms with Crippen LogP contribution in [0.4, 0.5) is 5.69 Å². The number of anilines is 1. The van der Waals surface area contributed by atoms with Crippen LogP contribution in [0.3, 0.4) is 0 Å². The van der Waals surface area contributed by atoms with Crippen LogP contribution in [0, 0.1) is 11.3 Å². The fourth-order valence-corrected chi connectivity index (χ4v) is 2.23. The first-order chi connectivity index (χ1) is 9.52. The van der Waals surface area contributed by atoms with Gasteiger partial charge in [-0.05, 0) is 37.3 Å². The minimum Gasteiger partial charge on any atom is -0.507 e. The quantitative estimate of drug-likeness (QED) is 0.803. The second-order valence-corrected chi connectivity index (χ2v) is 4.79. The maximum Gasteiger partial charge on any atom is 0.124 e. The van der Waals surface area contributed by atoms with Crippen LogP contribution < -0.4 is 5.32 Å². The summed E-state index contributed by atoms with van der Waals surface area (Å²) in [6.45, 7) is 1.81. The molecule has 0 aliphatic carbocycles. The molecule has 0 aliphatic rings. The van der Waals surface area contributed by atoms with Gasteiger partial charge in [0.2, 0.25) is 0 Å². The third-order valence-electron chi connectivity index (χ3n) is 2.97. The summed E-state index contributed by atoms with van der Waals surface area (Å²) in [4.78, 5) is 0. The SMILES string of the molecule is CC(Nc1ccc(C#N)c(Cl)c1)c1c(O)cccc1O. The van der Waals surface area contributed by atoms with E-state index in [4.69, 9.17) is 16.9 Å². The number of nitrogens with one attached hydrogen (secondary N) is 1. The smallest absolute Gasteiger partial charge is 0.124 e. The Balaban J connectivity index is 2.26. The molecular weight excluding hydrogens is 276 g/mol. The van der Waals surface area contributed by atoms with Crippen LogP contribution >= 0.6 is 11.6 Å². The lowest BCUT2D eigenvalue weighted by atomic mass is 10.1. The summed E-state index contributed by atoms with van der Waals surface area (Å²) in [5.41, 5.74) is 1.51.